The predicted molar refractivity (Wildman–Crippen MR) is 51.3 cm³/mol. The van der Waals surface area contributed by atoms with Gasteiger partial charge in [0, 0.05) is 26.4 Å². The van der Waals surface area contributed by atoms with Gasteiger partial charge in [0.1, 0.15) is 5.82 Å². The van der Waals surface area contributed by atoms with E-state index in [-0.39, 0.29) is 0 Å². The third-order valence-corrected chi connectivity index (χ3v) is 2.43. The van der Waals surface area contributed by atoms with Crippen LogP contribution >= 0.6 is 27.5 Å². The molecule has 0 atom stereocenters. The highest BCUT2D eigenvalue weighted by molar-refractivity contribution is 9.10. The number of hydrogen-bond donors (Lipinski definition) is 0. The molecule has 2 nitrogen and oxygen atoms in total. The van der Waals surface area contributed by atoms with Gasteiger partial charge in [0.05, 0.1) is 9.50 Å². The molecule has 0 unspecified atom stereocenters. The van der Waals surface area contributed by atoms with Crippen LogP contribution in [0.25, 0.3) is 0 Å². The Hall–Kier alpha value is -0.280. The maximum atomic E-state index is 5.84. The van der Waals surface area contributed by atoms with Crippen molar-refractivity contribution in [1.82, 2.24) is 4.98 Å². The Morgan fingerprint density at radius 2 is 2.18 bits per heavy atom. The fraction of sp³-hybridized carbons (Fsp3) is 0.286. The van der Waals surface area contributed by atoms with Crippen molar-refractivity contribution < 1.29 is 0 Å². The quantitative estimate of drug-likeness (QED) is 0.744. The Morgan fingerprint density at radius 1 is 1.55 bits per heavy atom. The second-order valence-electron chi connectivity index (χ2n) is 2.35. The van der Waals surface area contributed by atoms with Crippen LogP contribution in [0.15, 0.2) is 16.7 Å². The van der Waals surface area contributed by atoms with Crippen molar-refractivity contribution in [3.63, 3.8) is 0 Å². The molecule has 60 valence electrons. The normalized spacial score (nSPS) is 9.82. The molecule has 0 aromatic carbocycles. The van der Waals surface area contributed by atoms with Gasteiger partial charge in [0.25, 0.3) is 0 Å². The molecule has 0 spiro atoms. The van der Waals surface area contributed by atoms with E-state index in [4.69, 9.17) is 11.6 Å². The van der Waals surface area contributed by atoms with Crippen LogP contribution in [0.5, 0.6) is 0 Å². The van der Waals surface area contributed by atoms with Crippen LogP contribution in [-0.4, -0.2) is 19.1 Å². The summed E-state index contributed by atoms with van der Waals surface area (Å²) in [5, 5.41) is 0.684. The smallest absolute Gasteiger partial charge is 0.129 e. The first-order valence-corrected chi connectivity index (χ1v) is 4.26. The number of aromatic nitrogens is 1. The monoisotopic (exact) mass is 234 g/mol. The van der Waals surface area contributed by atoms with E-state index in [2.05, 4.69) is 20.9 Å². The van der Waals surface area contributed by atoms with Crippen molar-refractivity contribution in [3.05, 3.63) is 21.8 Å². The number of nitrogens with zero attached hydrogens (tertiary/aromatic N) is 2. The molecule has 1 heterocycles. The molecule has 0 saturated carbocycles. The highest BCUT2D eigenvalue weighted by Crippen LogP contribution is 2.24. The largest absolute Gasteiger partial charge is 0.363 e. The van der Waals surface area contributed by atoms with E-state index in [9.17, 15) is 0 Å². The Kier molecular flexibility index (Phi) is 2.73. The van der Waals surface area contributed by atoms with Crippen LogP contribution < -0.4 is 4.90 Å². The lowest BCUT2D eigenvalue weighted by atomic mass is 10.4. The fourth-order valence-electron chi connectivity index (χ4n) is 0.649. The second-order valence-corrected chi connectivity index (χ2v) is 3.61. The molecule has 0 amide bonds. The summed E-state index contributed by atoms with van der Waals surface area (Å²) in [7, 11) is 3.85. The summed E-state index contributed by atoms with van der Waals surface area (Å²) < 4.78 is 0.824. The first-order chi connectivity index (χ1) is 5.11. The van der Waals surface area contributed by atoms with Gasteiger partial charge in [0.2, 0.25) is 0 Å². The van der Waals surface area contributed by atoms with Crippen molar-refractivity contribution in [2.24, 2.45) is 0 Å². The van der Waals surface area contributed by atoms with Crippen molar-refractivity contribution in [2.45, 2.75) is 0 Å². The predicted octanol–water partition coefficient (Wildman–Crippen LogP) is 2.56. The summed E-state index contributed by atoms with van der Waals surface area (Å²) in [5.41, 5.74) is 0. The Bertz CT molecular complexity index is 263. The Morgan fingerprint density at radius 3 is 2.64 bits per heavy atom. The zero-order chi connectivity index (χ0) is 8.43. The molecule has 0 aliphatic rings. The number of pyridine rings is 1. The van der Waals surface area contributed by atoms with Crippen LogP contribution in [-0.2, 0) is 0 Å². The molecule has 0 bridgehead atoms. The molecule has 1 aromatic heterocycles. The molecule has 1 rings (SSSR count). The van der Waals surface area contributed by atoms with Gasteiger partial charge < -0.3 is 4.90 Å². The van der Waals surface area contributed by atoms with E-state index in [1.54, 1.807) is 6.20 Å². The maximum Gasteiger partial charge on any atom is 0.129 e. The lowest BCUT2D eigenvalue weighted by Gasteiger charge is -2.10. The molecule has 0 fully saturated rings. The van der Waals surface area contributed by atoms with E-state index in [1.807, 2.05) is 25.1 Å². The molecular formula is C7H8BrClN2. The van der Waals surface area contributed by atoms with Crippen molar-refractivity contribution in [3.8, 4) is 0 Å². The average molecular weight is 236 g/mol. The van der Waals surface area contributed by atoms with Crippen molar-refractivity contribution >= 4 is 33.3 Å². The minimum atomic E-state index is 0.684. The molecule has 4 heteroatoms. The summed E-state index contributed by atoms with van der Waals surface area (Å²) in [6.07, 6.45) is 1.69. The molecule has 0 aliphatic heterocycles. The Balaban J connectivity index is 3.05. The lowest BCUT2D eigenvalue weighted by Crippen LogP contribution is -2.10. The Labute approximate surface area is 79.3 Å². The van der Waals surface area contributed by atoms with Crippen LogP contribution in [0.2, 0.25) is 5.02 Å². The molecule has 0 N–H and O–H groups in total. The first kappa shape index (κ1) is 8.81. The summed E-state index contributed by atoms with van der Waals surface area (Å²) in [4.78, 5) is 6.03. The van der Waals surface area contributed by atoms with Gasteiger partial charge in [-0.2, -0.15) is 0 Å². The molecule has 0 aliphatic carbocycles. The van der Waals surface area contributed by atoms with Gasteiger partial charge in [0.15, 0.2) is 0 Å². The van der Waals surface area contributed by atoms with Gasteiger partial charge in [-0.05, 0) is 15.9 Å². The van der Waals surface area contributed by atoms with Crippen molar-refractivity contribution in [2.75, 3.05) is 19.0 Å². The van der Waals surface area contributed by atoms with Crippen LogP contribution in [0.3, 0.4) is 0 Å². The average Bonchev–Trinajstić information content (AvgIpc) is 1.94. The summed E-state index contributed by atoms with van der Waals surface area (Å²) in [5.74, 6) is 0.859. The topological polar surface area (TPSA) is 16.1 Å². The third kappa shape index (κ3) is 2.07. The minimum Gasteiger partial charge on any atom is -0.363 e. The zero-order valence-corrected chi connectivity index (χ0v) is 8.65. The van der Waals surface area contributed by atoms with Gasteiger partial charge in [-0.1, -0.05) is 11.6 Å². The molecule has 0 saturated heterocycles. The number of anilines is 1. The summed E-state index contributed by atoms with van der Waals surface area (Å²) in [6, 6.07) is 1.81. The fourth-order valence-corrected chi connectivity index (χ4v) is 1.01. The number of hydrogen-bond acceptors (Lipinski definition) is 2. The van der Waals surface area contributed by atoms with Crippen LogP contribution in [0.1, 0.15) is 0 Å². The van der Waals surface area contributed by atoms with Gasteiger partial charge in [-0.3, -0.25) is 0 Å². The maximum absolute atomic E-state index is 5.84. The van der Waals surface area contributed by atoms with E-state index >= 15 is 0 Å². The molecule has 1 aromatic rings. The van der Waals surface area contributed by atoms with Gasteiger partial charge in [-0.15, -0.1) is 0 Å². The standard InChI is InChI=1S/C7H8BrClN2/c1-11(2)7-3-6(9)5(8)4-10-7/h3-4H,1-2H3. The van der Waals surface area contributed by atoms with Crippen LogP contribution in [0, 0.1) is 0 Å². The number of halogens is 2. The third-order valence-electron chi connectivity index (χ3n) is 1.25. The van der Waals surface area contributed by atoms with E-state index in [1.165, 1.54) is 0 Å². The van der Waals surface area contributed by atoms with E-state index in [0.29, 0.717) is 5.02 Å². The second kappa shape index (κ2) is 3.41. The van der Waals surface area contributed by atoms with E-state index in [0.717, 1.165) is 10.3 Å². The lowest BCUT2D eigenvalue weighted by molar-refractivity contribution is 1.07. The zero-order valence-electron chi connectivity index (χ0n) is 6.31. The van der Waals surface area contributed by atoms with Crippen molar-refractivity contribution in [1.29, 1.82) is 0 Å². The molecular weight excluding hydrogens is 227 g/mol. The molecule has 0 radical (unpaired) electrons. The highest BCUT2D eigenvalue weighted by atomic mass is 79.9. The highest BCUT2D eigenvalue weighted by Gasteiger charge is 2.00. The summed E-state index contributed by atoms with van der Waals surface area (Å²) >= 11 is 9.11. The first-order valence-electron chi connectivity index (χ1n) is 3.09. The van der Waals surface area contributed by atoms with Gasteiger partial charge >= 0.3 is 0 Å². The van der Waals surface area contributed by atoms with Gasteiger partial charge in [-0.25, -0.2) is 4.98 Å². The van der Waals surface area contributed by atoms with Crippen LogP contribution in [0.4, 0.5) is 5.82 Å². The molecule has 11 heavy (non-hydrogen) atoms. The summed E-state index contributed by atoms with van der Waals surface area (Å²) in [6.45, 7) is 0. The number of rotatable bonds is 1. The SMILES string of the molecule is CN(C)c1cc(Cl)c(Br)cn1. The van der Waals surface area contributed by atoms with E-state index < -0.39 is 0 Å². The minimum absolute atomic E-state index is 0.684.